The number of rotatable bonds is 6. The van der Waals surface area contributed by atoms with Crippen molar-refractivity contribution in [2.24, 2.45) is 5.73 Å². The minimum atomic E-state index is -0.733. The summed E-state index contributed by atoms with van der Waals surface area (Å²) in [7, 11) is 0. The van der Waals surface area contributed by atoms with Gasteiger partial charge in [0.15, 0.2) is 0 Å². The van der Waals surface area contributed by atoms with Gasteiger partial charge in [-0.05, 0) is 48.2 Å². The zero-order valence-corrected chi connectivity index (χ0v) is 16.0. The second-order valence-corrected chi connectivity index (χ2v) is 7.11. The van der Waals surface area contributed by atoms with Crippen molar-refractivity contribution in [3.05, 3.63) is 82.0 Å². The Morgan fingerprint density at radius 2 is 1.82 bits per heavy atom. The zero-order valence-electron chi connectivity index (χ0n) is 15.2. The lowest BCUT2D eigenvalue weighted by molar-refractivity contribution is -0.114. The summed E-state index contributed by atoms with van der Waals surface area (Å²) >= 11 is 1.33. The molecule has 0 saturated heterocycles. The molecule has 0 saturated carbocycles. The number of carbonyl (C=O) groups excluding carboxylic acids is 3. The Hall–Kier alpha value is -3.45. The Balaban J connectivity index is 1.79. The normalized spacial score (nSPS) is 10.3. The summed E-state index contributed by atoms with van der Waals surface area (Å²) in [5, 5.41) is 4.54. The number of ketones is 1. The average Bonchev–Trinajstić information content (AvgIpc) is 3.20. The van der Waals surface area contributed by atoms with E-state index in [2.05, 4.69) is 5.32 Å². The number of nitrogens with one attached hydrogen (secondary N) is 1. The van der Waals surface area contributed by atoms with E-state index in [1.54, 1.807) is 54.6 Å². The maximum Gasteiger partial charge on any atom is 0.319 e. The third kappa shape index (κ3) is 4.44. The Morgan fingerprint density at radius 1 is 1.04 bits per heavy atom. The Morgan fingerprint density at radius 3 is 2.50 bits per heavy atom. The van der Waals surface area contributed by atoms with Gasteiger partial charge in [-0.2, -0.15) is 0 Å². The van der Waals surface area contributed by atoms with Gasteiger partial charge in [0.2, 0.25) is 11.7 Å². The molecule has 3 N–H and O–H groups in total. The maximum absolute atomic E-state index is 12.7. The van der Waals surface area contributed by atoms with E-state index in [4.69, 9.17) is 5.73 Å². The average molecular weight is 393 g/mol. The summed E-state index contributed by atoms with van der Waals surface area (Å²) < 4.78 is 0. The number of aryl methyl sites for hydroxylation is 1. The number of benzene rings is 2. The molecule has 0 unspecified atom stereocenters. The van der Waals surface area contributed by atoms with E-state index < -0.39 is 11.9 Å². The van der Waals surface area contributed by atoms with E-state index in [1.165, 1.54) is 16.2 Å². The SMILES string of the molecule is Cc1cccc(N(CC(=O)Nc2ccccc2C(=O)c2cccs2)C(N)=O)c1. The van der Waals surface area contributed by atoms with Crippen LogP contribution in [0.5, 0.6) is 0 Å². The quantitative estimate of drug-likeness (QED) is 0.624. The van der Waals surface area contributed by atoms with E-state index in [0.717, 1.165) is 5.56 Å². The second kappa shape index (κ2) is 8.49. The standard InChI is InChI=1S/C21H19N3O3S/c1-14-6-4-7-15(12-14)24(21(22)27)13-19(25)23-17-9-3-2-8-16(17)20(26)18-10-5-11-28-18/h2-12H,13H2,1H3,(H2,22,27)(H,23,25). The van der Waals surface area contributed by atoms with Gasteiger partial charge in [0, 0.05) is 11.3 Å². The molecule has 28 heavy (non-hydrogen) atoms. The monoisotopic (exact) mass is 393 g/mol. The molecule has 0 spiro atoms. The number of carbonyl (C=O) groups is 3. The fraction of sp³-hybridized carbons (Fsp3) is 0.0952. The van der Waals surface area contributed by atoms with Crippen LogP contribution >= 0.6 is 11.3 Å². The highest BCUT2D eigenvalue weighted by Crippen LogP contribution is 2.22. The van der Waals surface area contributed by atoms with Crippen LogP contribution in [0.3, 0.4) is 0 Å². The van der Waals surface area contributed by atoms with Gasteiger partial charge in [-0.15, -0.1) is 11.3 Å². The van der Waals surface area contributed by atoms with Crippen LogP contribution in [-0.4, -0.2) is 24.3 Å². The number of hydrogen-bond donors (Lipinski definition) is 2. The number of amides is 3. The number of urea groups is 1. The highest BCUT2D eigenvalue weighted by molar-refractivity contribution is 7.12. The van der Waals surface area contributed by atoms with Crippen molar-refractivity contribution < 1.29 is 14.4 Å². The molecule has 0 aliphatic carbocycles. The van der Waals surface area contributed by atoms with Gasteiger partial charge in [0.25, 0.3) is 0 Å². The molecular formula is C21H19N3O3S. The van der Waals surface area contributed by atoms with Gasteiger partial charge in [0.1, 0.15) is 6.54 Å². The Bertz CT molecular complexity index is 1020. The van der Waals surface area contributed by atoms with E-state index in [9.17, 15) is 14.4 Å². The third-order valence-corrected chi connectivity index (χ3v) is 4.94. The predicted octanol–water partition coefficient (Wildman–Crippen LogP) is 3.81. The lowest BCUT2D eigenvalue weighted by Crippen LogP contribution is -2.41. The second-order valence-electron chi connectivity index (χ2n) is 6.16. The fourth-order valence-electron chi connectivity index (χ4n) is 2.76. The van der Waals surface area contributed by atoms with Crippen molar-refractivity contribution in [3.8, 4) is 0 Å². The number of primary amides is 1. The maximum atomic E-state index is 12.7. The van der Waals surface area contributed by atoms with Crippen LogP contribution in [0.4, 0.5) is 16.2 Å². The van der Waals surface area contributed by atoms with Crippen molar-refractivity contribution in [1.82, 2.24) is 0 Å². The van der Waals surface area contributed by atoms with Crippen LogP contribution in [0.2, 0.25) is 0 Å². The smallest absolute Gasteiger partial charge is 0.319 e. The first-order valence-corrected chi connectivity index (χ1v) is 9.44. The minimum Gasteiger partial charge on any atom is -0.351 e. The molecule has 0 aliphatic heterocycles. The van der Waals surface area contributed by atoms with Crippen LogP contribution in [-0.2, 0) is 4.79 Å². The molecule has 0 radical (unpaired) electrons. The first kappa shape index (κ1) is 19.3. The van der Waals surface area contributed by atoms with Crippen molar-refractivity contribution >= 4 is 40.4 Å². The molecule has 0 fully saturated rings. The van der Waals surface area contributed by atoms with E-state index in [1.807, 2.05) is 18.4 Å². The van der Waals surface area contributed by atoms with Gasteiger partial charge in [-0.3, -0.25) is 14.5 Å². The van der Waals surface area contributed by atoms with E-state index in [0.29, 0.717) is 21.8 Å². The number of anilines is 2. The van der Waals surface area contributed by atoms with E-state index >= 15 is 0 Å². The summed E-state index contributed by atoms with van der Waals surface area (Å²) in [6, 6.07) is 16.7. The predicted molar refractivity (Wildman–Crippen MR) is 111 cm³/mol. The number of hydrogen-bond acceptors (Lipinski definition) is 4. The third-order valence-electron chi connectivity index (χ3n) is 4.07. The van der Waals surface area contributed by atoms with Gasteiger partial charge >= 0.3 is 6.03 Å². The number of para-hydroxylation sites is 1. The highest BCUT2D eigenvalue weighted by atomic mass is 32.1. The number of thiophene rings is 1. The van der Waals surface area contributed by atoms with Crippen molar-refractivity contribution in [2.75, 3.05) is 16.8 Å². The molecule has 0 atom stereocenters. The minimum absolute atomic E-state index is 0.170. The molecule has 3 aromatic rings. The van der Waals surface area contributed by atoms with Crippen LogP contribution < -0.4 is 16.0 Å². The number of nitrogens with two attached hydrogens (primary N) is 1. The molecule has 3 rings (SSSR count). The topological polar surface area (TPSA) is 92.5 Å². The Kier molecular flexibility index (Phi) is 5.86. The van der Waals surface area contributed by atoms with Crippen molar-refractivity contribution in [3.63, 3.8) is 0 Å². The summed E-state index contributed by atoms with van der Waals surface area (Å²) in [6.07, 6.45) is 0. The van der Waals surface area contributed by atoms with Crippen LogP contribution in [0, 0.1) is 6.92 Å². The van der Waals surface area contributed by atoms with Crippen molar-refractivity contribution in [2.45, 2.75) is 6.92 Å². The molecule has 6 nitrogen and oxygen atoms in total. The van der Waals surface area contributed by atoms with Gasteiger partial charge in [-0.25, -0.2) is 4.79 Å². The molecule has 1 heterocycles. The molecule has 1 aromatic heterocycles. The molecule has 0 bridgehead atoms. The summed E-state index contributed by atoms with van der Waals surface area (Å²) in [4.78, 5) is 38.9. The molecule has 7 heteroatoms. The first-order valence-electron chi connectivity index (χ1n) is 8.56. The molecule has 0 aliphatic rings. The van der Waals surface area contributed by atoms with Gasteiger partial charge in [-0.1, -0.05) is 30.3 Å². The molecule has 3 amide bonds. The lowest BCUT2D eigenvalue weighted by atomic mass is 10.1. The fourth-order valence-corrected chi connectivity index (χ4v) is 3.43. The van der Waals surface area contributed by atoms with Crippen LogP contribution in [0.25, 0.3) is 0 Å². The lowest BCUT2D eigenvalue weighted by Gasteiger charge is -2.20. The first-order chi connectivity index (χ1) is 13.5. The molecular weight excluding hydrogens is 374 g/mol. The highest BCUT2D eigenvalue weighted by Gasteiger charge is 2.19. The zero-order chi connectivity index (χ0) is 20.1. The van der Waals surface area contributed by atoms with Gasteiger partial charge < -0.3 is 11.1 Å². The molecule has 2 aromatic carbocycles. The van der Waals surface area contributed by atoms with E-state index in [-0.39, 0.29) is 12.3 Å². The van der Waals surface area contributed by atoms with Crippen LogP contribution in [0.1, 0.15) is 20.8 Å². The summed E-state index contributed by atoms with van der Waals surface area (Å²) in [5.41, 5.74) is 7.71. The Labute approximate surface area is 166 Å². The largest absolute Gasteiger partial charge is 0.351 e. The summed E-state index contributed by atoms with van der Waals surface area (Å²) in [6.45, 7) is 1.62. The number of nitrogens with zero attached hydrogens (tertiary/aromatic N) is 1. The summed E-state index contributed by atoms with van der Waals surface area (Å²) in [5.74, 6) is -0.622. The van der Waals surface area contributed by atoms with Crippen LogP contribution in [0.15, 0.2) is 66.0 Å². The van der Waals surface area contributed by atoms with Gasteiger partial charge in [0.05, 0.1) is 10.6 Å². The molecule has 142 valence electrons. The van der Waals surface area contributed by atoms with Crippen molar-refractivity contribution in [1.29, 1.82) is 0 Å².